The molecule has 1 aromatic heterocycles. The molecule has 0 aliphatic rings. The molecule has 178 valence electrons. The summed E-state index contributed by atoms with van der Waals surface area (Å²) < 4.78 is 10.6. The van der Waals surface area contributed by atoms with E-state index < -0.39 is 41.6 Å². The molecule has 2 rings (SSSR count). The number of ether oxygens (including phenoxy) is 2. The number of benzene rings is 1. The second-order valence-corrected chi connectivity index (χ2v) is 8.87. The molecule has 0 aliphatic carbocycles. The Kier molecular flexibility index (Phi) is 8.96. The summed E-state index contributed by atoms with van der Waals surface area (Å²) in [5, 5.41) is 12.5. The van der Waals surface area contributed by atoms with Gasteiger partial charge in [-0.25, -0.2) is 9.78 Å². The Balaban J connectivity index is 2.33. The van der Waals surface area contributed by atoms with Gasteiger partial charge in [-0.3, -0.25) is 14.9 Å². The van der Waals surface area contributed by atoms with Crippen LogP contribution in [-0.4, -0.2) is 39.8 Å². The lowest BCUT2D eigenvalue weighted by Gasteiger charge is -2.25. The zero-order valence-electron chi connectivity index (χ0n) is 19.7. The second-order valence-electron chi connectivity index (χ2n) is 8.87. The fraction of sp³-hybridized carbons (Fsp3) is 0.440. The van der Waals surface area contributed by atoms with Gasteiger partial charge in [-0.1, -0.05) is 43.3 Å². The number of hydrogen-bond acceptors (Lipinski definition) is 6. The van der Waals surface area contributed by atoms with E-state index in [1.165, 1.54) is 6.20 Å². The molecule has 0 saturated carbocycles. The lowest BCUT2D eigenvalue weighted by atomic mass is 9.82. The van der Waals surface area contributed by atoms with Crippen molar-refractivity contribution in [2.45, 2.75) is 65.1 Å². The maximum atomic E-state index is 12.8. The molecule has 0 bridgehead atoms. The Labute approximate surface area is 194 Å². The summed E-state index contributed by atoms with van der Waals surface area (Å²) in [6.07, 6.45) is 1.30. The van der Waals surface area contributed by atoms with Gasteiger partial charge in [0.2, 0.25) is 0 Å². The van der Waals surface area contributed by atoms with Gasteiger partial charge in [-0.15, -0.1) is 0 Å². The molecule has 3 atom stereocenters. The number of nitrogens with zero attached hydrogens (tertiary/aromatic N) is 1. The summed E-state index contributed by atoms with van der Waals surface area (Å²) in [4.78, 5) is 41.2. The quantitative estimate of drug-likeness (QED) is 0.411. The number of pyridine rings is 1. The number of aliphatic carboxylic acids is 1. The van der Waals surface area contributed by atoms with Crippen molar-refractivity contribution in [3.05, 3.63) is 59.8 Å². The summed E-state index contributed by atoms with van der Waals surface area (Å²) in [5.41, 5.74) is 0.762. The van der Waals surface area contributed by atoms with Crippen LogP contribution in [0.2, 0.25) is 0 Å². The van der Waals surface area contributed by atoms with Crippen molar-refractivity contribution < 1.29 is 29.0 Å². The average molecular weight is 457 g/mol. The number of hydrogen-bond donors (Lipinski definition) is 2. The Morgan fingerprint density at radius 2 is 1.76 bits per heavy atom. The number of carbonyl (C=O) groups excluding carboxylic acids is 2. The van der Waals surface area contributed by atoms with Crippen LogP contribution < -0.4 is 5.32 Å². The monoisotopic (exact) mass is 456 g/mol. The molecule has 33 heavy (non-hydrogen) atoms. The van der Waals surface area contributed by atoms with Crippen molar-refractivity contribution in [3.63, 3.8) is 0 Å². The first-order valence-electron chi connectivity index (χ1n) is 10.9. The minimum atomic E-state index is -1.41. The van der Waals surface area contributed by atoms with E-state index in [1.807, 2.05) is 37.3 Å². The Morgan fingerprint density at radius 1 is 1.09 bits per heavy atom. The highest BCUT2D eigenvalue weighted by molar-refractivity contribution is 5.95. The normalized spacial score (nSPS) is 14.0. The maximum absolute atomic E-state index is 12.8. The molecule has 0 spiro atoms. The predicted octanol–water partition coefficient (Wildman–Crippen LogP) is 4.80. The molecule has 1 heterocycles. The molecule has 8 nitrogen and oxygen atoms in total. The summed E-state index contributed by atoms with van der Waals surface area (Å²) >= 11 is 0. The van der Waals surface area contributed by atoms with Crippen LogP contribution in [0.5, 0.6) is 0 Å². The SMILES string of the molecule is CCC(C)OC(=O)C(C(=O)O)C(Cc1ccccc1)c1ccc(NC(=O)OC(C)(C)C)nc1. The number of anilines is 1. The molecule has 2 N–H and O–H groups in total. The third-order valence-electron chi connectivity index (χ3n) is 4.96. The third kappa shape index (κ3) is 8.21. The van der Waals surface area contributed by atoms with E-state index in [0.29, 0.717) is 18.4 Å². The number of carboxylic acid groups (broad SMARTS) is 1. The molecule has 2 aromatic rings. The van der Waals surface area contributed by atoms with Gasteiger partial charge in [0.1, 0.15) is 11.4 Å². The van der Waals surface area contributed by atoms with E-state index in [2.05, 4.69) is 10.3 Å². The number of amides is 1. The zero-order valence-corrected chi connectivity index (χ0v) is 19.7. The fourth-order valence-corrected chi connectivity index (χ4v) is 3.20. The van der Waals surface area contributed by atoms with E-state index >= 15 is 0 Å². The summed E-state index contributed by atoms with van der Waals surface area (Å²) in [7, 11) is 0. The topological polar surface area (TPSA) is 115 Å². The highest BCUT2D eigenvalue weighted by atomic mass is 16.6. The van der Waals surface area contributed by atoms with Crippen molar-refractivity contribution in [2.75, 3.05) is 5.32 Å². The zero-order chi connectivity index (χ0) is 24.6. The summed E-state index contributed by atoms with van der Waals surface area (Å²) in [6, 6.07) is 12.5. The molecule has 0 saturated heterocycles. The predicted molar refractivity (Wildman–Crippen MR) is 124 cm³/mol. The molecular weight excluding hydrogens is 424 g/mol. The van der Waals surface area contributed by atoms with Crippen molar-refractivity contribution in [1.29, 1.82) is 0 Å². The molecular formula is C25H32N2O6. The van der Waals surface area contributed by atoms with Crippen LogP contribution >= 0.6 is 0 Å². The summed E-state index contributed by atoms with van der Waals surface area (Å²) in [6.45, 7) is 8.84. The molecule has 1 amide bonds. The lowest BCUT2D eigenvalue weighted by molar-refractivity contribution is -0.163. The standard InChI is InChI=1S/C25H32N2O6/c1-6-16(2)32-23(30)21(22(28)29)19(14-17-10-8-7-9-11-17)18-12-13-20(26-15-18)27-24(31)33-25(3,4)5/h7-13,15-16,19,21H,6,14H2,1-5H3,(H,28,29)(H,26,27,31). The molecule has 3 unspecified atom stereocenters. The van der Waals surface area contributed by atoms with Crippen LogP contribution in [0.4, 0.5) is 10.6 Å². The maximum Gasteiger partial charge on any atom is 0.413 e. The second kappa shape index (κ2) is 11.4. The third-order valence-corrected chi connectivity index (χ3v) is 4.96. The fourth-order valence-electron chi connectivity index (χ4n) is 3.20. The number of esters is 1. The highest BCUT2D eigenvalue weighted by Crippen LogP contribution is 2.31. The summed E-state index contributed by atoms with van der Waals surface area (Å²) in [5.74, 6) is -3.93. The minimum absolute atomic E-state index is 0.250. The van der Waals surface area contributed by atoms with Crippen LogP contribution in [0.3, 0.4) is 0 Å². The first kappa shape index (κ1) is 25.8. The minimum Gasteiger partial charge on any atom is -0.481 e. The van der Waals surface area contributed by atoms with E-state index in [4.69, 9.17) is 9.47 Å². The van der Waals surface area contributed by atoms with Gasteiger partial charge in [-0.05, 0) is 57.7 Å². The van der Waals surface area contributed by atoms with Gasteiger partial charge in [0.15, 0.2) is 5.92 Å². The number of carboxylic acids is 1. The van der Waals surface area contributed by atoms with Crippen molar-refractivity contribution in [2.24, 2.45) is 5.92 Å². The van der Waals surface area contributed by atoms with Gasteiger partial charge < -0.3 is 14.6 Å². The van der Waals surface area contributed by atoms with E-state index in [1.54, 1.807) is 39.8 Å². The first-order chi connectivity index (χ1) is 15.5. The number of rotatable bonds is 9. The molecule has 0 radical (unpaired) electrons. The van der Waals surface area contributed by atoms with E-state index in [-0.39, 0.29) is 5.82 Å². The van der Waals surface area contributed by atoms with E-state index in [9.17, 15) is 19.5 Å². The molecule has 1 aromatic carbocycles. The van der Waals surface area contributed by atoms with Crippen molar-refractivity contribution in [1.82, 2.24) is 4.98 Å². The van der Waals surface area contributed by atoms with Crippen molar-refractivity contribution >= 4 is 23.8 Å². The van der Waals surface area contributed by atoms with Crippen molar-refractivity contribution in [3.8, 4) is 0 Å². The smallest absolute Gasteiger partial charge is 0.413 e. The lowest BCUT2D eigenvalue weighted by Crippen LogP contribution is -2.34. The van der Waals surface area contributed by atoms with Crippen LogP contribution in [0.1, 0.15) is 58.1 Å². The molecule has 8 heteroatoms. The van der Waals surface area contributed by atoms with Gasteiger partial charge in [-0.2, -0.15) is 0 Å². The number of carbonyl (C=O) groups is 3. The van der Waals surface area contributed by atoms with Crippen LogP contribution in [0.15, 0.2) is 48.7 Å². The van der Waals surface area contributed by atoms with Gasteiger partial charge in [0.25, 0.3) is 0 Å². The van der Waals surface area contributed by atoms with Crippen LogP contribution in [-0.2, 0) is 25.5 Å². The Hall–Kier alpha value is -3.42. The largest absolute Gasteiger partial charge is 0.481 e. The molecule has 0 fully saturated rings. The Bertz CT molecular complexity index is 938. The molecule has 0 aliphatic heterocycles. The van der Waals surface area contributed by atoms with Crippen LogP contribution in [0, 0.1) is 5.92 Å². The Morgan fingerprint density at radius 3 is 2.27 bits per heavy atom. The highest BCUT2D eigenvalue weighted by Gasteiger charge is 2.38. The average Bonchev–Trinajstić information content (AvgIpc) is 2.72. The van der Waals surface area contributed by atoms with Gasteiger partial charge in [0, 0.05) is 12.1 Å². The van der Waals surface area contributed by atoms with Gasteiger partial charge in [0.05, 0.1) is 6.10 Å². The van der Waals surface area contributed by atoms with E-state index in [0.717, 1.165) is 5.56 Å². The van der Waals surface area contributed by atoms with Gasteiger partial charge >= 0.3 is 18.0 Å². The number of nitrogens with one attached hydrogen (secondary N) is 1. The van der Waals surface area contributed by atoms with Crippen LogP contribution in [0.25, 0.3) is 0 Å². The number of aromatic nitrogens is 1. The first-order valence-corrected chi connectivity index (χ1v) is 10.9.